The van der Waals surface area contributed by atoms with Crippen LogP contribution in [0.25, 0.3) is 11.3 Å². The SMILES string of the molecule is Cc1ccc(F)c(-c2noc(N)c2C(C)C)c1. The Hall–Kier alpha value is -1.84. The quantitative estimate of drug-likeness (QED) is 0.865. The molecule has 3 nitrogen and oxygen atoms in total. The third kappa shape index (κ3) is 2.02. The molecular formula is C13H15FN2O. The Kier molecular flexibility index (Phi) is 2.88. The number of anilines is 1. The summed E-state index contributed by atoms with van der Waals surface area (Å²) in [6, 6.07) is 4.90. The molecule has 1 heterocycles. The van der Waals surface area contributed by atoms with Gasteiger partial charge in [-0.3, -0.25) is 0 Å². The third-order valence-electron chi connectivity index (χ3n) is 2.71. The molecule has 2 aromatic rings. The lowest BCUT2D eigenvalue weighted by Crippen LogP contribution is -1.96. The highest BCUT2D eigenvalue weighted by Gasteiger charge is 2.20. The molecule has 4 heteroatoms. The number of rotatable bonds is 2. The van der Waals surface area contributed by atoms with Crippen molar-refractivity contribution >= 4 is 5.88 Å². The molecule has 0 saturated carbocycles. The molecule has 0 amide bonds. The molecule has 90 valence electrons. The first-order chi connectivity index (χ1) is 8.00. The van der Waals surface area contributed by atoms with E-state index >= 15 is 0 Å². The molecule has 0 aliphatic heterocycles. The van der Waals surface area contributed by atoms with Crippen LogP contribution in [0.2, 0.25) is 0 Å². The maximum absolute atomic E-state index is 13.8. The van der Waals surface area contributed by atoms with E-state index in [1.807, 2.05) is 20.8 Å². The standard InChI is InChI=1S/C13H15FN2O/c1-7(2)11-12(16-17-13(11)15)9-6-8(3)4-5-10(9)14/h4-7H,15H2,1-3H3. The number of hydrogen-bond donors (Lipinski definition) is 1. The van der Waals surface area contributed by atoms with Gasteiger partial charge in [-0.05, 0) is 25.0 Å². The number of nitrogen functional groups attached to an aromatic ring is 1. The highest BCUT2D eigenvalue weighted by Crippen LogP contribution is 2.34. The summed E-state index contributed by atoms with van der Waals surface area (Å²) in [5, 5.41) is 3.87. The van der Waals surface area contributed by atoms with Crippen LogP contribution in [0.1, 0.15) is 30.9 Å². The van der Waals surface area contributed by atoms with Gasteiger partial charge in [-0.15, -0.1) is 0 Å². The fraction of sp³-hybridized carbons (Fsp3) is 0.308. The first-order valence-electron chi connectivity index (χ1n) is 5.52. The Morgan fingerprint density at radius 1 is 1.35 bits per heavy atom. The van der Waals surface area contributed by atoms with Crippen LogP contribution in [0.5, 0.6) is 0 Å². The predicted octanol–water partition coefficient (Wildman–Crippen LogP) is 3.49. The lowest BCUT2D eigenvalue weighted by Gasteiger charge is -2.07. The summed E-state index contributed by atoms with van der Waals surface area (Å²) in [5.41, 5.74) is 8.38. The number of nitrogens with two attached hydrogens (primary N) is 1. The van der Waals surface area contributed by atoms with Gasteiger partial charge in [-0.25, -0.2) is 4.39 Å². The number of hydrogen-bond acceptors (Lipinski definition) is 3. The summed E-state index contributed by atoms with van der Waals surface area (Å²) >= 11 is 0. The van der Waals surface area contributed by atoms with Crippen molar-refractivity contribution in [3.63, 3.8) is 0 Å². The first kappa shape index (κ1) is 11.6. The second-order valence-electron chi connectivity index (χ2n) is 4.45. The van der Waals surface area contributed by atoms with Crippen molar-refractivity contribution in [2.75, 3.05) is 5.73 Å². The van der Waals surface area contributed by atoms with E-state index in [9.17, 15) is 4.39 Å². The number of halogens is 1. The smallest absolute Gasteiger partial charge is 0.226 e. The van der Waals surface area contributed by atoms with Crippen molar-refractivity contribution in [2.24, 2.45) is 0 Å². The second-order valence-corrected chi connectivity index (χ2v) is 4.45. The molecular weight excluding hydrogens is 219 g/mol. The van der Waals surface area contributed by atoms with Gasteiger partial charge >= 0.3 is 0 Å². The molecule has 0 spiro atoms. The highest BCUT2D eigenvalue weighted by atomic mass is 19.1. The Labute approximate surface area is 99.4 Å². The van der Waals surface area contributed by atoms with Gasteiger partial charge in [0.1, 0.15) is 11.5 Å². The molecule has 17 heavy (non-hydrogen) atoms. The Morgan fingerprint density at radius 2 is 2.06 bits per heavy atom. The normalized spacial score (nSPS) is 11.1. The van der Waals surface area contributed by atoms with Crippen LogP contribution in [-0.2, 0) is 0 Å². The lowest BCUT2D eigenvalue weighted by molar-refractivity contribution is 0.437. The van der Waals surface area contributed by atoms with E-state index in [1.165, 1.54) is 6.07 Å². The van der Waals surface area contributed by atoms with Gasteiger partial charge in [0.2, 0.25) is 5.88 Å². The van der Waals surface area contributed by atoms with Crippen LogP contribution in [0.15, 0.2) is 22.7 Å². The Bertz CT molecular complexity index is 546. The maximum atomic E-state index is 13.8. The van der Waals surface area contributed by atoms with Crippen LogP contribution >= 0.6 is 0 Å². The van der Waals surface area contributed by atoms with Gasteiger partial charge in [0, 0.05) is 11.1 Å². The predicted molar refractivity (Wildman–Crippen MR) is 65.1 cm³/mol. The van der Waals surface area contributed by atoms with E-state index in [2.05, 4.69) is 5.16 Å². The minimum absolute atomic E-state index is 0.135. The summed E-state index contributed by atoms with van der Waals surface area (Å²) in [6.45, 7) is 5.85. The molecule has 1 aromatic carbocycles. The number of aromatic nitrogens is 1. The van der Waals surface area contributed by atoms with Crippen LogP contribution in [0.3, 0.4) is 0 Å². The zero-order valence-electron chi connectivity index (χ0n) is 10.1. The van der Waals surface area contributed by atoms with Crippen molar-refractivity contribution in [1.82, 2.24) is 5.16 Å². The molecule has 2 rings (SSSR count). The van der Waals surface area contributed by atoms with E-state index in [4.69, 9.17) is 10.3 Å². The summed E-state index contributed by atoms with van der Waals surface area (Å²) in [4.78, 5) is 0. The average molecular weight is 234 g/mol. The average Bonchev–Trinajstić information content (AvgIpc) is 2.64. The largest absolute Gasteiger partial charge is 0.367 e. The molecule has 0 saturated heterocycles. The topological polar surface area (TPSA) is 52.0 Å². The molecule has 0 aliphatic rings. The summed E-state index contributed by atoms with van der Waals surface area (Å²) < 4.78 is 18.8. The van der Waals surface area contributed by atoms with Gasteiger partial charge in [0.05, 0.1) is 0 Å². The van der Waals surface area contributed by atoms with Gasteiger partial charge < -0.3 is 10.3 Å². The molecule has 0 radical (unpaired) electrons. The Morgan fingerprint density at radius 3 is 2.71 bits per heavy atom. The lowest BCUT2D eigenvalue weighted by atomic mass is 9.97. The minimum Gasteiger partial charge on any atom is -0.367 e. The Balaban J connectivity index is 2.64. The first-order valence-corrected chi connectivity index (χ1v) is 5.52. The minimum atomic E-state index is -0.314. The number of nitrogens with zero attached hydrogens (tertiary/aromatic N) is 1. The van der Waals surface area contributed by atoms with E-state index in [0.29, 0.717) is 11.3 Å². The van der Waals surface area contributed by atoms with E-state index < -0.39 is 0 Å². The van der Waals surface area contributed by atoms with E-state index in [-0.39, 0.29) is 17.6 Å². The van der Waals surface area contributed by atoms with Gasteiger partial charge in [0.25, 0.3) is 0 Å². The van der Waals surface area contributed by atoms with Crippen molar-refractivity contribution in [2.45, 2.75) is 26.7 Å². The zero-order chi connectivity index (χ0) is 12.6. The van der Waals surface area contributed by atoms with Crippen molar-refractivity contribution in [3.05, 3.63) is 35.1 Å². The summed E-state index contributed by atoms with van der Waals surface area (Å²) in [6.07, 6.45) is 0. The van der Waals surface area contributed by atoms with Gasteiger partial charge in [-0.2, -0.15) is 0 Å². The van der Waals surface area contributed by atoms with Crippen molar-refractivity contribution in [3.8, 4) is 11.3 Å². The second kappa shape index (κ2) is 4.20. The third-order valence-corrected chi connectivity index (χ3v) is 2.71. The van der Waals surface area contributed by atoms with E-state index in [1.54, 1.807) is 12.1 Å². The van der Waals surface area contributed by atoms with Crippen LogP contribution in [0.4, 0.5) is 10.3 Å². The summed E-state index contributed by atoms with van der Waals surface area (Å²) in [7, 11) is 0. The number of aryl methyl sites for hydroxylation is 1. The van der Waals surface area contributed by atoms with Gasteiger partial charge in [-0.1, -0.05) is 30.6 Å². The summed E-state index contributed by atoms with van der Waals surface area (Å²) in [5.74, 6) is 0.0814. The number of benzene rings is 1. The van der Waals surface area contributed by atoms with Crippen molar-refractivity contribution < 1.29 is 8.91 Å². The fourth-order valence-electron chi connectivity index (χ4n) is 1.88. The fourth-order valence-corrected chi connectivity index (χ4v) is 1.88. The molecule has 0 fully saturated rings. The van der Waals surface area contributed by atoms with Crippen LogP contribution < -0.4 is 5.73 Å². The maximum Gasteiger partial charge on any atom is 0.226 e. The molecule has 0 aliphatic carbocycles. The van der Waals surface area contributed by atoms with Crippen LogP contribution in [0, 0.1) is 12.7 Å². The molecule has 2 N–H and O–H groups in total. The zero-order valence-corrected chi connectivity index (χ0v) is 10.1. The molecule has 0 unspecified atom stereocenters. The van der Waals surface area contributed by atoms with Crippen LogP contribution in [-0.4, -0.2) is 5.16 Å². The highest BCUT2D eigenvalue weighted by molar-refractivity contribution is 5.68. The molecule has 0 atom stereocenters. The van der Waals surface area contributed by atoms with Crippen molar-refractivity contribution in [1.29, 1.82) is 0 Å². The van der Waals surface area contributed by atoms with Gasteiger partial charge in [0.15, 0.2) is 0 Å². The molecule has 0 bridgehead atoms. The monoisotopic (exact) mass is 234 g/mol. The van der Waals surface area contributed by atoms with E-state index in [0.717, 1.165) is 11.1 Å². The molecule has 1 aromatic heterocycles.